The summed E-state index contributed by atoms with van der Waals surface area (Å²) in [6, 6.07) is 5.31. The molecule has 7 nitrogen and oxygen atoms in total. The highest BCUT2D eigenvalue weighted by molar-refractivity contribution is 6.32. The quantitative estimate of drug-likeness (QED) is 0.603. The molecule has 0 aliphatic rings. The molecule has 0 fully saturated rings. The Kier molecular flexibility index (Phi) is 6.34. The monoisotopic (exact) mass is 389 g/mol. The molecule has 0 aromatic carbocycles. The van der Waals surface area contributed by atoms with E-state index < -0.39 is 31.3 Å². The number of anilines is 1. The molecule has 138 valence electrons. The zero-order valence-electron chi connectivity index (χ0n) is 12.9. The topological polar surface area (TPSA) is 90.4 Å². The number of alkyl halides is 3. The van der Waals surface area contributed by atoms with Crippen LogP contribution in [0.5, 0.6) is 5.88 Å². The average Bonchev–Trinajstić information content (AvgIpc) is 2.60. The molecule has 0 aliphatic carbocycles. The second-order valence-electron chi connectivity index (χ2n) is 4.76. The van der Waals surface area contributed by atoms with E-state index in [1.165, 1.54) is 12.3 Å². The number of nitrogens with one attached hydrogen (secondary N) is 1. The number of carbonyl (C=O) groups excluding carboxylic acids is 2. The number of hydrogen-bond acceptors (Lipinski definition) is 6. The molecule has 0 bridgehead atoms. The van der Waals surface area contributed by atoms with Crippen LogP contribution in [0.4, 0.5) is 18.9 Å². The van der Waals surface area contributed by atoms with Gasteiger partial charge in [-0.2, -0.15) is 13.2 Å². The highest BCUT2D eigenvalue weighted by atomic mass is 35.5. The lowest BCUT2D eigenvalue weighted by Gasteiger charge is -2.09. The van der Waals surface area contributed by atoms with E-state index in [0.29, 0.717) is 0 Å². The number of halogens is 4. The number of carbonyl (C=O) groups is 2. The number of ether oxygens (including phenoxy) is 2. The summed E-state index contributed by atoms with van der Waals surface area (Å²) in [5.41, 5.74) is 0.194. The standard InChI is InChI=1S/C15H11ClF3N3O4/c16-13-10(2-1-5-20-13)22-11(23)7-25-14(24)9-3-4-12(21-6-9)26-8-15(17,18)19/h1-6H,7-8H2,(H,22,23). The van der Waals surface area contributed by atoms with Crippen LogP contribution in [0.3, 0.4) is 0 Å². The molecule has 2 heterocycles. The van der Waals surface area contributed by atoms with Crippen molar-refractivity contribution in [2.75, 3.05) is 18.5 Å². The highest BCUT2D eigenvalue weighted by Gasteiger charge is 2.28. The smallest absolute Gasteiger partial charge is 0.422 e. The number of rotatable bonds is 6. The summed E-state index contributed by atoms with van der Waals surface area (Å²) in [5.74, 6) is -1.83. The van der Waals surface area contributed by atoms with Crippen LogP contribution in [-0.4, -0.2) is 41.2 Å². The Morgan fingerprint density at radius 3 is 2.58 bits per heavy atom. The molecule has 2 aromatic rings. The Balaban J connectivity index is 1.84. The first-order chi connectivity index (χ1) is 12.2. The molecule has 0 aliphatic heterocycles. The van der Waals surface area contributed by atoms with Crippen molar-refractivity contribution in [2.24, 2.45) is 0 Å². The summed E-state index contributed by atoms with van der Waals surface area (Å²) >= 11 is 5.77. The van der Waals surface area contributed by atoms with Crippen LogP contribution in [0.2, 0.25) is 5.15 Å². The Hall–Kier alpha value is -2.88. The third kappa shape index (κ3) is 6.20. The number of pyridine rings is 2. The molecule has 26 heavy (non-hydrogen) atoms. The van der Waals surface area contributed by atoms with Crippen molar-refractivity contribution in [3.8, 4) is 5.88 Å². The van der Waals surface area contributed by atoms with Crippen LogP contribution in [0.1, 0.15) is 10.4 Å². The van der Waals surface area contributed by atoms with Gasteiger partial charge in [-0.1, -0.05) is 11.6 Å². The predicted molar refractivity (Wildman–Crippen MR) is 83.9 cm³/mol. The van der Waals surface area contributed by atoms with E-state index in [1.807, 2.05) is 0 Å². The lowest BCUT2D eigenvalue weighted by molar-refractivity contribution is -0.154. The Bertz CT molecular complexity index is 784. The van der Waals surface area contributed by atoms with Crippen molar-refractivity contribution in [1.29, 1.82) is 0 Å². The van der Waals surface area contributed by atoms with E-state index in [4.69, 9.17) is 16.3 Å². The fourth-order valence-electron chi connectivity index (χ4n) is 1.62. The number of nitrogens with zero attached hydrogens (tertiary/aromatic N) is 2. The fourth-order valence-corrected chi connectivity index (χ4v) is 1.79. The third-order valence-corrected chi connectivity index (χ3v) is 3.02. The van der Waals surface area contributed by atoms with E-state index in [-0.39, 0.29) is 22.3 Å². The van der Waals surface area contributed by atoms with Gasteiger partial charge in [0.15, 0.2) is 18.4 Å². The van der Waals surface area contributed by atoms with E-state index in [1.54, 1.807) is 6.07 Å². The minimum atomic E-state index is -4.50. The molecule has 0 saturated heterocycles. The summed E-state index contributed by atoms with van der Waals surface area (Å²) in [5, 5.41) is 2.48. The molecular formula is C15H11ClF3N3O4. The number of esters is 1. The maximum atomic E-state index is 12.0. The van der Waals surface area contributed by atoms with Crippen LogP contribution in [0.15, 0.2) is 36.7 Å². The van der Waals surface area contributed by atoms with Crippen LogP contribution in [0.25, 0.3) is 0 Å². The molecule has 2 rings (SSSR count). The first-order valence-electron chi connectivity index (χ1n) is 6.98. The zero-order chi connectivity index (χ0) is 19.2. The summed E-state index contributed by atoms with van der Waals surface area (Å²) < 4.78 is 45.3. The van der Waals surface area contributed by atoms with Gasteiger partial charge in [-0.3, -0.25) is 4.79 Å². The molecule has 11 heteroatoms. The molecule has 0 atom stereocenters. The number of amides is 1. The maximum absolute atomic E-state index is 12.0. The number of aromatic nitrogens is 2. The normalized spacial score (nSPS) is 10.9. The second kappa shape index (κ2) is 8.48. The van der Waals surface area contributed by atoms with Crippen LogP contribution in [0, 0.1) is 0 Å². The third-order valence-electron chi connectivity index (χ3n) is 2.72. The van der Waals surface area contributed by atoms with E-state index in [0.717, 1.165) is 18.3 Å². The van der Waals surface area contributed by atoms with Crippen molar-refractivity contribution >= 4 is 29.2 Å². The van der Waals surface area contributed by atoms with Crippen molar-refractivity contribution < 1.29 is 32.2 Å². The van der Waals surface area contributed by atoms with Gasteiger partial charge in [-0.05, 0) is 18.2 Å². The number of hydrogen-bond donors (Lipinski definition) is 1. The molecular weight excluding hydrogens is 379 g/mol. The minimum Gasteiger partial charge on any atom is -0.468 e. The first-order valence-corrected chi connectivity index (χ1v) is 7.35. The summed E-state index contributed by atoms with van der Waals surface area (Å²) in [6.45, 7) is -2.10. The van der Waals surface area contributed by atoms with Crippen LogP contribution in [-0.2, 0) is 9.53 Å². The lowest BCUT2D eigenvalue weighted by Crippen LogP contribution is -2.21. The van der Waals surface area contributed by atoms with E-state index in [9.17, 15) is 22.8 Å². The fraction of sp³-hybridized carbons (Fsp3) is 0.200. The van der Waals surface area contributed by atoms with Crippen LogP contribution < -0.4 is 10.1 Å². The van der Waals surface area contributed by atoms with Gasteiger partial charge in [0.2, 0.25) is 5.88 Å². The van der Waals surface area contributed by atoms with Gasteiger partial charge in [-0.15, -0.1) is 0 Å². The van der Waals surface area contributed by atoms with Gasteiger partial charge >= 0.3 is 12.1 Å². The van der Waals surface area contributed by atoms with Crippen molar-refractivity contribution in [3.05, 3.63) is 47.4 Å². The van der Waals surface area contributed by atoms with Gasteiger partial charge in [0.05, 0.1) is 11.3 Å². The molecule has 1 N–H and O–H groups in total. The minimum absolute atomic E-state index is 0.0587. The molecule has 0 radical (unpaired) electrons. The maximum Gasteiger partial charge on any atom is 0.422 e. The summed E-state index contributed by atoms with van der Waals surface area (Å²) in [6.07, 6.45) is -2.08. The second-order valence-corrected chi connectivity index (χ2v) is 5.11. The SMILES string of the molecule is O=C(COC(=O)c1ccc(OCC(F)(F)F)nc1)Nc1cccnc1Cl. The predicted octanol–water partition coefficient (Wildman–Crippen LogP) is 2.87. The zero-order valence-corrected chi connectivity index (χ0v) is 13.7. The van der Waals surface area contributed by atoms with Crippen LogP contribution >= 0.6 is 11.6 Å². The van der Waals surface area contributed by atoms with Gasteiger partial charge in [-0.25, -0.2) is 14.8 Å². The lowest BCUT2D eigenvalue weighted by atomic mass is 10.3. The van der Waals surface area contributed by atoms with Gasteiger partial charge in [0.1, 0.15) is 0 Å². The van der Waals surface area contributed by atoms with Gasteiger partial charge in [0, 0.05) is 18.5 Å². The van der Waals surface area contributed by atoms with Gasteiger partial charge < -0.3 is 14.8 Å². The van der Waals surface area contributed by atoms with Gasteiger partial charge in [0.25, 0.3) is 5.91 Å². The highest BCUT2D eigenvalue weighted by Crippen LogP contribution is 2.18. The van der Waals surface area contributed by atoms with E-state index >= 15 is 0 Å². The Labute approximate surface area is 150 Å². The first kappa shape index (κ1) is 19.4. The molecule has 0 saturated carbocycles. The Morgan fingerprint density at radius 1 is 1.19 bits per heavy atom. The molecule has 0 spiro atoms. The van der Waals surface area contributed by atoms with Crippen molar-refractivity contribution in [2.45, 2.75) is 6.18 Å². The largest absolute Gasteiger partial charge is 0.468 e. The van der Waals surface area contributed by atoms with Crippen molar-refractivity contribution in [1.82, 2.24) is 9.97 Å². The summed E-state index contributed by atoms with van der Waals surface area (Å²) in [7, 11) is 0. The summed E-state index contributed by atoms with van der Waals surface area (Å²) in [4.78, 5) is 30.8. The van der Waals surface area contributed by atoms with E-state index in [2.05, 4.69) is 20.0 Å². The molecule has 2 aromatic heterocycles. The van der Waals surface area contributed by atoms with Crippen molar-refractivity contribution in [3.63, 3.8) is 0 Å². The molecule has 1 amide bonds. The average molecular weight is 390 g/mol. The Morgan fingerprint density at radius 2 is 1.96 bits per heavy atom. The molecule has 0 unspecified atom stereocenters.